The summed E-state index contributed by atoms with van der Waals surface area (Å²) in [5, 5.41) is 5.76. The Hall–Kier alpha value is -1.63. The van der Waals surface area contributed by atoms with Crippen LogP contribution >= 0.6 is 0 Å². The highest BCUT2D eigenvalue weighted by Gasteiger charge is 2.23. The van der Waals surface area contributed by atoms with Crippen molar-refractivity contribution in [3.63, 3.8) is 0 Å². The molecule has 0 aromatic carbocycles. The van der Waals surface area contributed by atoms with E-state index in [-0.39, 0.29) is 5.91 Å². The zero-order valence-corrected chi connectivity index (χ0v) is 11.7. The topological polar surface area (TPSA) is 81.8 Å². The van der Waals surface area contributed by atoms with Crippen LogP contribution in [0, 0.1) is 0 Å². The molecule has 20 heavy (non-hydrogen) atoms. The molecule has 112 valence electrons. The monoisotopic (exact) mass is 282 g/mol. The highest BCUT2D eigenvalue weighted by Crippen LogP contribution is 2.09. The quantitative estimate of drug-likeness (QED) is 0.488. The molecule has 0 aromatic rings. The van der Waals surface area contributed by atoms with E-state index in [4.69, 9.17) is 0 Å². The van der Waals surface area contributed by atoms with Crippen molar-refractivity contribution < 1.29 is 14.4 Å². The van der Waals surface area contributed by atoms with Crippen LogP contribution in [0.15, 0.2) is 0 Å². The van der Waals surface area contributed by atoms with Gasteiger partial charge in [0.1, 0.15) is 0 Å². The Labute approximate surface area is 118 Å². The molecule has 2 fully saturated rings. The number of hydrogen-bond donors (Lipinski definition) is 2. The van der Waals surface area contributed by atoms with Crippen LogP contribution in [0.4, 0.5) is 0 Å². The first kappa shape index (κ1) is 14.8. The average Bonchev–Trinajstić information content (AvgIpc) is 2.89. The lowest BCUT2D eigenvalue weighted by Gasteiger charge is -2.26. The summed E-state index contributed by atoms with van der Waals surface area (Å²) in [7, 11) is 0. The largest absolute Gasteiger partial charge is 0.348 e. The Morgan fingerprint density at radius 3 is 2.60 bits per heavy atom. The van der Waals surface area contributed by atoms with E-state index in [0.29, 0.717) is 39.0 Å². The number of nitrogens with zero attached hydrogens (tertiary/aromatic N) is 2. The molecule has 2 saturated heterocycles. The molecule has 2 heterocycles. The van der Waals surface area contributed by atoms with Gasteiger partial charge in [-0.05, 0) is 12.8 Å². The number of carbonyl (C=O) groups is 3. The van der Waals surface area contributed by atoms with Crippen molar-refractivity contribution in [2.75, 3.05) is 45.8 Å². The molecule has 2 aliphatic heterocycles. The molecule has 2 N–H and O–H groups in total. The van der Waals surface area contributed by atoms with Crippen LogP contribution in [0.25, 0.3) is 0 Å². The van der Waals surface area contributed by atoms with Gasteiger partial charge in [-0.3, -0.25) is 14.4 Å². The number of carbonyl (C=O) groups excluding carboxylic acids is 3. The van der Waals surface area contributed by atoms with E-state index in [9.17, 15) is 14.4 Å². The van der Waals surface area contributed by atoms with Gasteiger partial charge in [0.2, 0.25) is 5.91 Å². The summed E-state index contributed by atoms with van der Waals surface area (Å²) in [6, 6.07) is 0. The standard InChI is InChI=1S/C13H22N4O3/c18-11-3-1-7-16(11)8-2-4-15-12(19)13(20)17-9-5-14-6-10-17/h14H,1-10H2,(H,15,19). The van der Waals surface area contributed by atoms with Crippen LogP contribution in [-0.2, 0) is 14.4 Å². The normalized spacial score (nSPS) is 19.3. The van der Waals surface area contributed by atoms with E-state index in [1.807, 2.05) is 4.90 Å². The van der Waals surface area contributed by atoms with E-state index >= 15 is 0 Å². The smallest absolute Gasteiger partial charge is 0.311 e. The zero-order valence-electron chi connectivity index (χ0n) is 11.7. The maximum atomic E-state index is 11.8. The third-order valence-electron chi connectivity index (χ3n) is 3.66. The second kappa shape index (κ2) is 7.23. The first-order valence-electron chi connectivity index (χ1n) is 7.24. The molecule has 0 unspecified atom stereocenters. The lowest BCUT2D eigenvalue weighted by molar-refractivity contribution is -0.146. The number of likely N-dealkylation sites (tertiary alicyclic amines) is 1. The van der Waals surface area contributed by atoms with Gasteiger partial charge in [0.15, 0.2) is 0 Å². The third-order valence-corrected chi connectivity index (χ3v) is 3.66. The molecule has 2 rings (SSSR count). The molecule has 0 spiro atoms. The minimum absolute atomic E-state index is 0.188. The molecular formula is C13H22N4O3. The minimum Gasteiger partial charge on any atom is -0.348 e. The average molecular weight is 282 g/mol. The predicted molar refractivity (Wildman–Crippen MR) is 72.9 cm³/mol. The Morgan fingerprint density at radius 2 is 1.95 bits per heavy atom. The molecule has 3 amide bonds. The fraction of sp³-hybridized carbons (Fsp3) is 0.769. The molecular weight excluding hydrogens is 260 g/mol. The van der Waals surface area contributed by atoms with Crippen LogP contribution in [0.3, 0.4) is 0 Å². The van der Waals surface area contributed by atoms with Crippen molar-refractivity contribution in [1.29, 1.82) is 0 Å². The third kappa shape index (κ3) is 3.93. The van der Waals surface area contributed by atoms with E-state index in [0.717, 1.165) is 26.1 Å². The van der Waals surface area contributed by atoms with Crippen molar-refractivity contribution >= 4 is 17.7 Å². The summed E-state index contributed by atoms with van der Waals surface area (Å²) in [5.74, 6) is -0.809. The van der Waals surface area contributed by atoms with Gasteiger partial charge in [-0.25, -0.2) is 0 Å². The van der Waals surface area contributed by atoms with Crippen molar-refractivity contribution in [1.82, 2.24) is 20.4 Å². The van der Waals surface area contributed by atoms with E-state index in [1.165, 1.54) is 0 Å². The molecule has 0 radical (unpaired) electrons. The van der Waals surface area contributed by atoms with Crippen molar-refractivity contribution in [2.45, 2.75) is 19.3 Å². The van der Waals surface area contributed by atoms with Crippen LogP contribution < -0.4 is 10.6 Å². The first-order valence-corrected chi connectivity index (χ1v) is 7.24. The van der Waals surface area contributed by atoms with E-state index in [2.05, 4.69) is 10.6 Å². The summed E-state index contributed by atoms with van der Waals surface area (Å²) < 4.78 is 0. The Bertz CT molecular complexity index is 380. The molecule has 7 heteroatoms. The Balaban J connectivity index is 1.61. The number of piperazine rings is 1. The fourth-order valence-corrected chi connectivity index (χ4v) is 2.50. The van der Waals surface area contributed by atoms with Gasteiger partial charge in [-0.2, -0.15) is 0 Å². The number of rotatable bonds is 4. The summed E-state index contributed by atoms with van der Waals surface area (Å²) in [5.41, 5.74) is 0. The molecule has 2 aliphatic rings. The minimum atomic E-state index is -0.542. The highest BCUT2D eigenvalue weighted by atomic mass is 16.2. The van der Waals surface area contributed by atoms with E-state index < -0.39 is 11.8 Å². The van der Waals surface area contributed by atoms with Gasteiger partial charge in [0, 0.05) is 52.2 Å². The Kier molecular flexibility index (Phi) is 5.34. The number of nitrogens with one attached hydrogen (secondary N) is 2. The van der Waals surface area contributed by atoms with Gasteiger partial charge in [-0.15, -0.1) is 0 Å². The lowest BCUT2D eigenvalue weighted by Crippen LogP contribution is -2.51. The summed E-state index contributed by atoms with van der Waals surface area (Å²) in [6.45, 7) is 4.52. The maximum absolute atomic E-state index is 11.8. The first-order chi connectivity index (χ1) is 9.68. The maximum Gasteiger partial charge on any atom is 0.311 e. The molecule has 0 aliphatic carbocycles. The van der Waals surface area contributed by atoms with Crippen molar-refractivity contribution in [2.24, 2.45) is 0 Å². The summed E-state index contributed by atoms with van der Waals surface area (Å²) in [4.78, 5) is 38.3. The van der Waals surface area contributed by atoms with Crippen molar-refractivity contribution in [3.8, 4) is 0 Å². The fourth-order valence-electron chi connectivity index (χ4n) is 2.50. The van der Waals surface area contributed by atoms with Gasteiger partial charge in [0.25, 0.3) is 0 Å². The van der Waals surface area contributed by atoms with Crippen LogP contribution in [0.1, 0.15) is 19.3 Å². The van der Waals surface area contributed by atoms with Gasteiger partial charge in [-0.1, -0.05) is 0 Å². The van der Waals surface area contributed by atoms with Crippen LogP contribution in [0.5, 0.6) is 0 Å². The molecule has 0 bridgehead atoms. The molecule has 0 aromatic heterocycles. The SMILES string of the molecule is O=C(NCCCN1CCCC1=O)C(=O)N1CCNCC1. The second-order valence-electron chi connectivity index (χ2n) is 5.14. The van der Waals surface area contributed by atoms with Crippen molar-refractivity contribution in [3.05, 3.63) is 0 Å². The molecule has 7 nitrogen and oxygen atoms in total. The summed E-state index contributed by atoms with van der Waals surface area (Å²) in [6.07, 6.45) is 2.24. The van der Waals surface area contributed by atoms with Gasteiger partial charge >= 0.3 is 11.8 Å². The Morgan fingerprint density at radius 1 is 1.20 bits per heavy atom. The number of amides is 3. The highest BCUT2D eigenvalue weighted by molar-refractivity contribution is 6.35. The van der Waals surface area contributed by atoms with E-state index in [1.54, 1.807) is 4.90 Å². The van der Waals surface area contributed by atoms with Gasteiger partial charge in [0.05, 0.1) is 0 Å². The summed E-state index contributed by atoms with van der Waals surface area (Å²) >= 11 is 0. The van der Waals surface area contributed by atoms with Crippen LogP contribution in [0.2, 0.25) is 0 Å². The van der Waals surface area contributed by atoms with Gasteiger partial charge < -0.3 is 20.4 Å². The molecule has 0 saturated carbocycles. The second-order valence-corrected chi connectivity index (χ2v) is 5.14. The molecule has 0 atom stereocenters. The lowest BCUT2D eigenvalue weighted by atomic mass is 10.3. The van der Waals surface area contributed by atoms with Crippen LogP contribution in [-0.4, -0.2) is 73.3 Å². The predicted octanol–water partition coefficient (Wildman–Crippen LogP) is -1.45. The zero-order chi connectivity index (χ0) is 14.4. The number of hydrogen-bond acceptors (Lipinski definition) is 4.